The highest BCUT2D eigenvalue weighted by Crippen LogP contribution is 2.22. The van der Waals surface area contributed by atoms with Crippen LogP contribution in [0.4, 0.5) is 0 Å². The van der Waals surface area contributed by atoms with Crippen LogP contribution in [-0.2, 0) is 10.0 Å². The fourth-order valence-corrected chi connectivity index (χ4v) is 2.88. The van der Waals surface area contributed by atoms with E-state index in [-0.39, 0.29) is 5.75 Å². The molecule has 98 valence electrons. The Balaban J connectivity index is 2.33. The number of hydrogen-bond acceptors (Lipinski definition) is 4. The van der Waals surface area contributed by atoms with E-state index in [1.54, 1.807) is 24.8 Å². The van der Waals surface area contributed by atoms with Crippen molar-refractivity contribution in [3.63, 3.8) is 0 Å². The monoisotopic (exact) mass is 284 g/mol. The molecule has 0 radical (unpaired) electrons. The van der Waals surface area contributed by atoms with Crippen molar-refractivity contribution < 1.29 is 8.42 Å². The molecule has 18 heavy (non-hydrogen) atoms. The van der Waals surface area contributed by atoms with Crippen LogP contribution in [0.5, 0.6) is 0 Å². The third-order valence-electron chi connectivity index (χ3n) is 2.29. The van der Waals surface area contributed by atoms with Gasteiger partial charge in [0.05, 0.1) is 11.3 Å². The van der Waals surface area contributed by atoms with Gasteiger partial charge in [0, 0.05) is 11.4 Å². The maximum Gasteiger partial charge on any atom is 0.211 e. The summed E-state index contributed by atoms with van der Waals surface area (Å²) in [4.78, 5) is 0.943. The fourth-order valence-electron chi connectivity index (χ4n) is 1.27. The van der Waals surface area contributed by atoms with E-state index in [1.807, 2.05) is 18.2 Å². The van der Waals surface area contributed by atoms with Crippen molar-refractivity contribution in [3.05, 3.63) is 29.8 Å². The molecule has 0 fully saturated rings. The first-order chi connectivity index (χ1) is 8.59. The first-order valence-corrected chi connectivity index (χ1v) is 8.32. The van der Waals surface area contributed by atoms with Crippen LogP contribution in [0.15, 0.2) is 29.2 Å². The van der Waals surface area contributed by atoms with Crippen LogP contribution >= 0.6 is 11.8 Å². The van der Waals surface area contributed by atoms with Crippen LogP contribution < -0.4 is 4.72 Å². The number of nitriles is 1. The van der Waals surface area contributed by atoms with E-state index < -0.39 is 10.0 Å². The van der Waals surface area contributed by atoms with Crippen molar-refractivity contribution in [1.29, 1.82) is 5.26 Å². The number of nitrogens with zero attached hydrogens (tertiary/aromatic N) is 1. The van der Waals surface area contributed by atoms with Crippen LogP contribution in [0.25, 0.3) is 0 Å². The van der Waals surface area contributed by atoms with Gasteiger partial charge in [-0.25, -0.2) is 13.1 Å². The zero-order valence-electron chi connectivity index (χ0n) is 10.2. The second kappa shape index (κ2) is 7.41. The Hall–Kier alpha value is -1.03. The second-order valence-electron chi connectivity index (χ2n) is 3.61. The lowest BCUT2D eigenvalue weighted by molar-refractivity contribution is 0.582. The minimum absolute atomic E-state index is 0.109. The normalized spacial score (nSPS) is 11.1. The Bertz CT molecular complexity index is 521. The van der Waals surface area contributed by atoms with Gasteiger partial charge in [-0.3, -0.25) is 0 Å². The van der Waals surface area contributed by atoms with Gasteiger partial charge in [0.2, 0.25) is 10.0 Å². The molecule has 6 heteroatoms. The quantitative estimate of drug-likeness (QED) is 0.614. The van der Waals surface area contributed by atoms with E-state index in [1.165, 1.54) is 0 Å². The number of nitrogens with one attached hydrogen (secondary N) is 1. The number of thioether (sulfide) groups is 1. The average molecular weight is 284 g/mol. The van der Waals surface area contributed by atoms with Crippen molar-refractivity contribution >= 4 is 21.8 Å². The van der Waals surface area contributed by atoms with Gasteiger partial charge in [-0.1, -0.05) is 12.1 Å². The van der Waals surface area contributed by atoms with E-state index in [0.717, 1.165) is 17.1 Å². The Morgan fingerprint density at radius 3 is 2.78 bits per heavy atom. The average Bonchev–Trinajstić information content (AvgIpc) is 2.38. The molecule has 0 saturated carbocycles. The van der Waals surface area contributed by atoms with E-state index in [2.05, 4.69) is 10.8 Å². The first kappa shape index (κ1) is 15.0. The Morgan fingerprint density at radius 1 is 1.39 bits per heavy atom. The summed E-state index contributed by atoms with van der Waals surface area (Å²) in [6.45, 7) is 2.05. The van der Waals surface area contributed by atoms with Gasteiger partial charge in [0.1, 0.15) is 6.07 Å². The lowest BCUT2D eigenvalue weighted by Crippen LogP contribution is -2.26. The highest BCUT2D eigenvalue weighted by atomic mass is 32.2. The van der Waals surface area contributed by atoms with Gasteiger partial charge in [-0.05, 0) is 31.2 Å². The number of benzene rings is 1. The topological polar surface area (TPSA) is 70.0 Å². The van der Waals surface area contributed by atoms with Crippen molar-refractivity contribution in [2.75, 3.05) is 18.1 Å². The molecule has 1 N–H and O–H groups in total. The number of rotatable bonds is 7. The summed E-state index contributed by atoms with van der Waals surface area (Å²) in [6, 6.07) is 9.54. The predicted molar refractivity (Wildman–Crippen MR) is 74.0 cm³/mol. The lowest BCUT2D eigenvalue weighted by atomic mass is 10.2. The molecule has 0 saturated heterocycles. The van der Waals surface area contributed by atoms with Crippen LogP contribution in [0, 0.1) is 11.3 Å². The molecule has 0 amide bonds. The molecule has 1 aromatic carbocycles. The molecule has 0 aliphatic rings. The molecule has 0 aliphatic carbocycles. The molecular weight excluding hydrogens is 268 g/mol. The molecule has 0 heterocycles. The summed E-state index contributed by atoms with van der Waals surface area (Å²) >= 11 is 1.57. The number of hydrogen-bond donors (Lipinski definition) is 1. The van der Waals surface area contributed by atoms with E-state index in [4.69, 9.17) is 5.26 Å². The van der Waals surface area contributed by atoms with E-state index >= 15 is 0 Å². The fraction of sp³-hybridized carbons (Fsp3) is 0.417. The van der Waals surface area contributed by atoms with Crippen molar-refractivity contribution in [2.45, 2.75) is 18.2 Å². The molecule has 0 bridgehead atoms. The summed E-state index contributed by atoms with van der Waals surface area (Å²) in [6.07, 6.45) is 0.740. The largest absolute Gasteiger partial charge is 0.215 e. The maximum atomic E-state index is 11.2. The van der Waals surface area contributed by atoms with Gasteiger partial charge in [-0.15, -0.1) is 11.8 Å². The standard InChI is InChI=1S/C12H16N2O2S2/c1-2-18(15,16)14-8-5-9-17-12-7-4-3-6-11(12)10-13/h3-4,6-7,14H,2,5,8-9H2,1H3. The predicted octanol–water partition coefficient (Wildman–Crippen LogP) is 1.98. The summed E-state index contributed by atoms with van der Waals surface area (Å²) in [5.41, 5.74) is 0.664. The smallest absolute Gasteiger partial charge is 0.211 e. The van der Waals surface area contributed by atoms with Crippen LogP contribution in [0.2, 0.25) is 0 Å². The SMILES string of the molecule is CCS(=O)(=O)NCCCSc1ccccc1C#N. The molecule has 0 spiro atoms. The molecule has 4 nitrogen and oxygen atoms in total. The van der Waals surface area contributed by atoms with E-state index in [0.29, 0.717) is 12.1 Å². The Morgan fingerprint density at radius 2 is 2.11 bits per heavy atom. The van der Waals surface area contributed by atoms with Crippen molar-refractivity contribution in [2.24, 2.45) is 0 Å². The third-order valence-corrected chi connectivity index (χ3v) is 4.85. The highest BCUT2D eigenvalue weighted by molar-refractivity contribution is 7.99. The molecule has 0 unspecified atom stereocenters. The van der Waals surface area contributed by atoms with Gasteiger partial charge in [0.15, 0.2) is 0 Å². The van der Waals surface area contributed by atoms with Crippen LogP contribution in [0.1, 0.15) is 18.9 Å². The summed E-state index contributed by atoms with van der Waals surface area (Å²) in [5, 5.41) is 8.90. The second-order valence-corrected chi connectivity index (χ2v) is 6.84. The van der Waals surface area contributed by atoms with Gasteiger partial charge in [0.25, 0.3) is 0 Å². The van der Waals surface area contributed by atoms with E-state index in [9.17, 15) is 8.42 Å². The number of sulfonamides is 1. The Labute approximate surface area is 112 Å². The molecular formula is C12H16N2O2S2. The van der Waals surface area contributed by atoms with Crippen LogP contribution in [0.3, 0.4) is 0 Å². The molecule has 0 aliphatic heterocycles. The summed E-state index contributed by atoms with van der Waals surface area (Å²) in [7, 11) is -3.09. The Kier molecular flexibility index (Phi) is 6.19. The lowest BCUT2D eigenvalue weighted by Gasteiger charge is -2.05. The minimum Gasteiger partial charge on any atom is -0.215 e. The van der Waals surface area contributed by atoms with Gasteiger partial charge in [-0.2, -0.15) is 5.26 Å². The first-order valence-electron chi connectivity index (χ1n) is 5.68. The highest BCUT2D eigenvalue weighted by Gasteiger charge is 2.05. The van der Waals surface area contributed by atoms with Crippen molar-refractivity contribution in [1.82, 2.24) is 4.72 Å². The zero-order valence-corrected chi connectivity index (χ0v) is 11.9. The summed E-state index contributed by atoms with van der Waals surface area (Å²) < 4.78 is 24.9. The minimum atomic E-state index is -3.09. The van der Waals surface area contributed by atoms with Gasteiger partial charge < -0.3 is 0 Å². The molecule has 1 aromatic rings. The third kappa shape index (κ3) is 5.08. The van der Waals surface area contributed by atoms with Gasteiger partial charge >= 0.3 is 0 Å². The summed E-state index contributed by atoms with van der Waals surface area (Å²) in [5.74, 6) is 0.891. The maximum absolute atomic E-state index is 11.2. The van der Waals surface area contributed by atoms with Crippen molar-refractivity contribution in [3.8, 4) is 6.07 Å². The molecule has 1 rings (SSSR count). The zero-order chi connectivity index (χ0) is 13.4. The molecule has 0 aromatic heterocycles. The molecule has 0 atom stereocenters. The van der Waals surface area contributed by atoms with Crippen LogP contribution in [-0.4, -0.2) is 26.5 Å².